The van der Waals surface area contributed by atoms with Gasteiger partial charge in [-0.25, -0.2) is 0 Å². The first-order valence-electron chi connectivity index (χ1n) is 6.19. The van der Waals surface area contributed by atoms with Crippen molar-refractivity contribution in [3.63, 3.8) is 0 Å². The summed E-state index contributed by atoms with van der Waals surface area (Å²) in [6.45, 7) is 1.92. The minimum absolute atomic E-state index is 0.128. The maximum atomic E-state index is 5.56. The number of benzene rings is 1. The maximum absolute atomic E-state index is 5.56. The van der Waals surface area contributed by atoms with E-state index in [-0.39, 0.29) is 6.61 Å². The minimum Gasteiger partial charge on any atom is -0.493 e. The van der Waals surface area contributed by atoms with E-state index in [0.717, 1.165) is 4.47 Å². The molecule has 1 N–H and O–H groups in total. The van der Waals surface area contributed by atoms with Crippen molar-refractivity contribution in [3.05, 3.63) is 32.8 Å². The molecular formula is C14H13BrN4O2S. The van der Waals surface area contributed by atoms with Crippen molar-refractivity contribution in [1.82, 2.24) is 14.9 Å². The van der Waals surface area contributed by atoms with Gasteiger partial charge in [0.15, 0.2) is 11.5 Å². The fourth-order valence-corrected chi connectivity index (χ4v) is 2.41. The van der Waals surface area contributed by atoms with Gasteiger partial charge in [-0.3, -0.25) is 5.10 Å². The van der Waals surface area contributed by atoms with Crippen molar-refractivity contribution in [2.75, 3.05) is 13.7 Å². The number of methoxy groups -OCH3 is 1. The van der Waals surface area contributed by atoms with Crippen molar-refractivity contribution >= 4 is 34.4 Å². The fraction of sp³-hybridized carbons (Fsp3) is 0.214. The number of nitrogens with one attached hydrogen (secondary N) is 1. The highest BCUT2D eigenvalue weighted by atomic mass is 79.9. The molecule has 1 aromatic heterocycles. The predicted molar refractivity (Wildman–Crippen MR) is 90.2 cm³/mol. The van der Waals surface area contributed by atoms with Gasteiger partial charge in [-0.15, -0.1) is 6.42 Å². The lowest BCUT2D eigenvalue weighted by Crippen LogP contribution is -2.02. The van der Waals surface area contributed by atoms with Crippen LogP contribution in [0.15, 0.2) is 21.7 Å². The van der Waals surface area contributed by atoms with Crippen LogP contribution in [-0.2, 0) is 0 Å². The highest BCUT2D eigenvalue weighted by molar-refractivity contribution is 9.10. The summed E-state index contributed by atoms with van der Waals surface area (Å²) in [6.07, 6.45) is 6.86. The lowest BCUT2D eigenvalue weighted by atomic mass is 10.2. The third-order valence-electron chi connectivity index (χ3n) is 2.69. The molecule has 8 heteroatoms. The van der Waals surface area contributed by atoms with E-state index in [0.29, 0.717) is 27.7 Å². The SMILES string of the molecule is C#CCOc1c(C=Nn2c(C)n[nH]c2=S)cc(Br)cc1OC. The van der Waals surface area contributed by atoms with E-state index in [4.69, 9.17) is 28.1 Å². The first-order valence-corrected chi connectivity index (χ1v) is 7.39. The number of nitrogens with zero attached hydrogens (tertiary/aromatic N) is 3. The van der Waals surface area contributed by atoms with Gasteiger partial charge >= 0.3 is 0 Å². The second kappa shape index (κ2) is 7.24. The molecule has 0 bridgehead atoms. The number of hydrogen-bond donors (Lipinski definition) is 1. The first-order chi connectivity index (χ1) is 10.6. The lowest BCUT2D eigenvalue weighted by molar-refractivity contribution is 0.330. The van der Waals surface area contributed by atoms with Crippen LogP contribution in [0.3, 0.4) is 0 Å². The highest BCUT2D eigenvalue weighted by Crippen LogP contribution is 2.34. The van der Waals surface area contributed by atoms with Crippen LogP contribution < -0.4 is 9.47 Å². The van der Waals surface area contributed by atoms with E-state index in [2.05, 4.69) is 37.1 Å². The normalized spacial score (nSPS) is 10.6. The highest BCUT2D eigenvalue weighted by Gasteiger charge is 2.11. The van der Waals surface area contributed by atoms with Crippen LogP contribution >= 0.6 is 28.1 Å². The van der Waals surface area contributed by atoms with E-state index >= 15 is 0 Å². The van der Waals surface area contributed by atoms with Crippen LogP contribution in [0.5, 0.6) is 11.5 Å². The summed E-state index contributed by atoms with van der Waals surface area (Å²) in [5.41, 5.74) is 0.698. The molecule has 114 valence electrons. The summed E-state index contributed by atoms with van der Waals surface area (Å²) in [6, 6.07) is 3.63. The van der Waals surface area contributed by atoms with Gasteiger partial charge in [0, 0.05) is 10.0 Å². The molecule has 0 unspecified atom stereocenters. The van der Waals surface area contributed by atoms with Gasteiger partial charge in [0.1, 0.15) is 12.4 Å². The van der Waals surface area contributed by atoms with Crippen molar-refractivity contribution in [2.45, 2.75) is 6.92 Å². The monoisotopic (exact) mass is 380 g/mol. The number of aryl methyl sites for hydroxylation is 1. The zero-order valence-corrected chi connectivity index (χ0v) is 14.4. The largest absolute Gasteiger partial charge is 0.493 e. The smallest absolute Gasteiger partial charge is 0.216 e. The van der Waals surface area contributed by atoms with Crippen LogP contribution in [-0.4, -0.2) is 34.8 Å². The molecule has 0 fully saturated rings. The van der Waals surface area contributed by atoms with Gasteiger partial charge < -0.3 is 9.47 Å². The average molecular weight is 381 g/mol. The number of rotatable bonds is 5. The molecule has 0 saturated carbocycles. The van der Waals surface area contributed by atoms with Crippen molar-refractivity contribution < 1.29 is 9.47 Å². The van der Waals surface area contributed by atoms with E-state index < -0.39 is 0 Å². The Morgan fingerprint density at radius 2 is 2.36 bits per heavy atom. The summed E-state index contributed by atoms with van der Waals surface area (Å²) in [4.78, 5) is 0. The van der Waals surface area contributed by atoms with Crippen molar-refractivity contribution in [2.24, 2.45) is 5.10 Å². The fourth-order valence-electron chi connectivity index (χ4n) is 1.73. The quantitative estimate of drug-likeness (QED) is 0.492. The summed E-state index contributed by atoms with van der Waals surface area (Å²) >= 11 is 8.53. The molecule has 0 aliphatic rings. The summed E-state index contributed by atoms with van der Waals surface area (Å²) in [5.74, 6) is 4.14. The standard InChI is InChI=1S/C14H13BrN4O2S/c1-4-5-21-13-10(6-11(15)7-12(13)20-3)8-16-19-9(2)17-18-14(19)22/h1,6-8H,5H2,2-3H3,(H,18,22). The van der Waals surface area contributed by atoms with E-state index in [9.17, 15) is 0 Å². The predicted octanol–water partition coefficient (Wildman–Crippen LogP) is 2.91. The zero-order valence-electron chi connectivity index (χ0n) is 12.0. The number of ether oxygens (including phenoxy) is 2. The molecule has 0 aliphatic carbocycles. The molecule has 0 amide bonds. The average Bonchev–Trinajstić information content (AvgIpc) is 2.82. The Kier molecular flexibility index (Phi) is 5.35. The Labute approximate surface area is 141 Å². The van der Waals surface area contributed by atoms with Crippen molar-refractivity contribution in [1.29, 1.82) is 0 Å². The topological polar surface area (TPSA) is 64.4 Å². The van der Waals surface area contributed by atoms with Crippen LogP contribution in [0, 0.1) is 24.0 Å². The number of aromatic amines is 1. The molecule has 2 rings (SSSR count). The Morgan fingerprint density at radius 1 is 1.59 bits per heavy atom. The molecule has 6 nitrogen and oxygen atoms in total. The number of H-pyrrole nitrogens is 1. The van der Waals surface area contributed by atoms with E-state index in [1.807, 2.05) is 6.07 Å². The minimum atomic E-state index is 0.128. The van der Waals surface area contributed by atoms with Gasteiger partial charge in [-0.1, -0.05) is 21.9 Å². The summed E-state index contributed by atoms with van der Waals surface area (Å²) in [7, 11) is 1.56. The Bertz CT molecular complexity index is 804. The Morgan fingerprint density at radius 3 is 2.95 bits per heavy atom. The summed E-state index contributed by atoms with van der Waals surface area (Å²) < 4.78 is 13.6. The van der Waals surface area contributed by atoms with Crippen molar-refractivity contribution in [3.8, 4) is 23.8 Å². The number of aromatic nitrogens is 3. The number of hydrogen-bond acceptors (Lipinski definition) is 5. The molecule has 22 heavy (non-hydrogen) atoms. The lowest BCUT2D eigenvalue weighted by Gasteiger charge is -2.12. The Balaban J connectivity index is 2.47. The van der Waals surface area contributed by atoms with Crippen LogP contribution in [0.2, 0.25) is 0 Å². The van der Waals surface area contributed by atoms with Gasteiger partial charge in [-0.05, 0) is 31.3 Å². The molecular weight excluding hydrogens is 368 g/mol. The first kappa shape index (κ1) is 16.3. The van der Waals surface area contributed by atoms with Gasteiger partial charge in [-0.2, -0.15) is 14.9 Å². The third-order valence-corrected chi connectivity index (χ3v) is 3.41. The number of halogens is 1. The maximum Gasteiger partial charge on any atom is 0.216 e. The molecule has 0 radical (unpaired) electrons. The number of terminal acetylenes is 1. The third kappa shape index (κ3) is 3.55. The van der Waals surface area contributed by atoms with E-state index in [1.54, 1.807) is 26.3 Å². The molecule has 0 aliphatic heterocycles. The van der Waals surface area contributed by atoms with Crippen LogP contribution in [0.1, 0.15) is 11.4 Å². The molecule has 2 aromatic rings. The second-order valence-electron chi connectivity index (χ2n) is 4.15. The molecule has 0 atom stereocenters. The summed E-state index contributed by atoms with van der Waals surface area (Å²) in [5, 5.41) is 11.0. The second-order valence-corrected chi connectivity index (χ2v) is 5.45. The van der Waals surface area contributed by atoms with Gasteiger partial charge in [0.2, 0.25) is 4.77 Å². The van der Waals surface area contributed by atoms with Gasteiger partial charge in [0.05, 0.1) is 13.3 Å². The van der Waals surface area contributed by atoms with Crippen LogP contribution in [0.25, 0.3) is 0 Å². The molecule has 0 spiro atoms. The molecule has 0 saturated heterocycles. The van der Waals surface area contributed by atoms with E-state index in [1.165, 1.54) is 4.68 Å². The zero-order chi connectivity index (χ0) is 16.1. The van der Waals surface area contributed by atoms with Crippen LogP contribution in [0.4, 0.5) is 0 Å². The Hall–Kier alpha value is -2.11. The van der Waals surface area contributed by atoms with Gasteiger partial charge in [0.25, 0.3) is 0 Å². The molecule has 1 heterocycles. The molecule has 1 aromatic carbocycles.